The number of rotatable bonds is 4. The number of hydrogen-bond acceptors (Lipinski definition) is 4. The molecule has 0 aromatic carbocycles. The number of thiophene rings is 1. The summed E-state index contributed by atoms with van der Waals surface area (Å²) in [6.45, 7) is 1.33. The fraction of sp³-hybridized carbons (Fsp3) is 0.444. The number of halogens is 4. The van der Waals surface area contributed by atoms with E-state index in [1.165, 1.54) is 19.1 Å². The number of carbonyl (C=O) groups is 1. The summed E-state index contributed by atoms with van der Waals surface area (Å²) < 4.78 is 31.5. The van der Waals surface area contributed by atoms with Crippen LogP contribution in [-0.2, 0) is 9.53 Å². The van der Waals surface area contributed by atoms with Crippen molar-refractivity contribution >= 4 is 41.3 Å². The molecule has 0 amide bonds. The molecule has 0 aliphatic rings. The summed E-state index contributed by atoms with van der Waals surface area (Å²) in [6, 6.07) is 1.08. The number of nitrogens with two attached hydrogens (primary N) is 1. The summed E-state index contributed by atoms with van der Waals surface area (Å²) in [5.41, 5.74) is 5.32. The number of alkyl halides is 2. The second kappa shape index (κ2) is 6.49. The highest BCUT2D eigenvalue weighted by atomic mass is 35.5. The second-order valence-electron chi connectivity index (χ2n) is 2.96. The second-order valence-corrected chi connectivity index (χ2v) is 4.71. The lowest BCUT2D eigenvalue weighted by Crippen LogP contribution is -2.41. The van der Waals surface area contributed by atoms with Gasteiger partial charge in [-0.3, -0.25) is 0 Å². The molecular weight excluding hydrogens is 295 g/mol. The first kappa shape index (κ1) is 16.6. The molecule has 0 aliphatic carbocycles. The molecule has 0 aliphatic heterocycles. The molecule has 0 radical (unpaired) electrons. The molecule has 1 heterocycles. The molecule has 17 heavy (non-hydrogen) atoms. The van der Waals surface area contributed by atoms with Gasteiger partial charge in [0.25, 0.3) is 0 Å². The van der Waals surface area contributed by atoms with Gasteiger partial charge in [0.2, 0.25) is 0 Å². The van der Waals surface area contributed by atoms with E-state index in [0.717, 1.165) is 11.3 Å². The Labute approximate surface area is 112 Å². The SMILES string of the molecule is CCOC(=O)C(F)(F)[C@H](N)c1ccc(Cl)s1.Cl. The standard InChI is InChI=1S/C9H10ClF2NO2S.ClH/c1-2-15-8(14)9(11,12)7(13)5-3-4-6(10)16-5;/h3-4,7H,2,13H2,1H3;1H/t7-;/m1./s1. The minimum absolute atomic E-state index is 0. The third kappa shape index (κ3) is 3.77. The van der Waals surface area contributed by atoms with Gasteiger partial charge in [-0.1, -0.05) is 11.6 Å². The first-order chi connectivity index (χ1) is 7.39. The largest absolute Gasteiger partial charge is 0.462 e. The minimum atomic E-state index is -3.75. The van der Waals surface area contributed by atoms with Crippen LogP contribution >= 0.6 is 35.3 Å². The van der Waals surface area contributed by atoms with Gasteiger partial charge >= 0.3 is 11.9 Å². The Morgan fingerprint density at radius 2 is 2.24 bits per heavy atom. The molecule has 1 aromatic heterocycles. The van der Waals surface area contributed by atoms with Gasteiger partial charge in [-0.25, -0.2) is 4.79 Å². The Bertz CT molecular complexity index is 387. The molecule has 98 valence electrons. The van der Waals surface area contributed by atoms with E-state index in [-0.39, 0.29) is 23.9 Å². The molecule has 8 heteroatoms. The van der Waals surface area contributed by atoms with Gasteiger partial charge in [0, 0.05) is 4.88 Å². The summed E-state index contributed by atoms with van der Waals surface area (Å²) in [5, 5.41) is 0. The van der Waals surface area contributed by atoms with Crippen LogP contribution in [-0.4, -0.2) is 18.5 Å². The van der Waals surface area contributed by atoms with Crippen LogP contribution in [0.2, 0.25) is 4.34 Å². The lowest BCUT2D eigenvalue weighted by atomic mass is 10.1. The molecule has 0 unspecified atom stereocenters. The van der Waals surface area contributed by atoms with Crippen molar-refractivity contribution < 1.29 is 18.3 Å². The highest BCUT2D eigenvalue weighted by Gasteiger charge is 2.48. The van der Waals surface area contributed by atoms with Gasteiger partial charge in [-0.05, 0) is 19.1 Å². The molecule has 2 N–H and O–H groups in total. The average molecular weight is 306 g/mol. The molecule has 3 nitrogen and oxygen atoms in total. The van der Waals surface area contributed by atoms with Gasteiger partial charge in [0.1, 0.15) is 6.04 Å². The van der Waals surface area contributed by atoms with E-state index in [0.29, 0.717) is 4.34 Å². The van der Waals surface area contributed by atoms with E-state index in [1.807, 2.05) is 0 Å². The average Bonchev–Trinajstić information content (AvgIpc) is 2.64. The Balaban J connectivity index is 0.00000256. The Morgan fingerprint density at radius 3 is 2.65 bits per heavy atom. The molecular formula is C9H11Cl2F2NO2S. The lowest BCUT2D eigenvalue weighted by Gasteiger charge is -2.20. The van der Waals surface area contributed by atoms with E-state index >= 15 is 0 Å². The van der Waals surface area contributed by atoms with Crippen molar-refractivity contribution in [3.8, 4) is 0 Å². The Kier molecular flexibility index (Phi) is 6.32. The van der Waals surface area contributed by atoms with Crippen molar-refractivity contribution in [2.24, 2.45) is 5.73 Å². The zero-order valence-corrected chi connectivity index (χ0v) is 11.2. The molecule has 0 saturated heterocycles. The number of ether oxygens (including phenoxy) is 1. The zero-order valence-electron chi connectivity index (χ0n) is 8.78. The fourth-order valence-electron chi connectivity index (χ4n) is 1.03. The smallest absolute Gasteiger partial charge is 0.379 e. The molecule has 0 fully saturated rings. The van der Waals surface area contributed by atoms with Crippen LogP contribution in [0.1, 0.15) is 17.8 Å². The predicted molar refractivity (Wildman–Crippen MR) is 65.1 cm³/mol. The molecule has 0 spiro atoms. The summed E-state index contributed by atoms with van der Waals surface area (Å²) in [6.07, 6.45) is 0. The van der Waals surface area contributed by atoms with E-state index in [2.05, 4.69) is 4.74 Å². The molecule has 1 aromatic rings. The molecule has 1 rings (SSSR count). The van der Waals surface area contributed by atoms with Crippen molar-refractivity contribution in [1.29, 1.82) is 0 Å². The van der Waals surface area contributed by atoms with Crippen molar-refractivity contribution in [2.45, 2.75) is 18.9 Å². The Hall–Kier alpha value is -0.430. The van der Waals surface area contributed by atoms with Crippen LogP contribution in [0.25, 0.3) is 0 Å². The van der Waals surface area contributed by atoms with E-state index < -0.39 is 17.9 Å². The first-order valence-electron chi connectivity index (χ1n) is 4.45. The van der Waals surface area contributed by atoms with Gasteiger partial charge in [0.05, 0.1) is 10.9 Å². The summed E-state index contributed by atoms with van der Waals surface area (Å²) >= 11 is 6.51. The fourth-order valence-corrected chi connectivity index (χ4v) is 2.13. The third-order valence-corrected chi connectivity index (χ3v) is 3.15. The van der Waals surface area contributed by atoms with Crippen LogP contribution in [0.4, 0.5) is 8.78 Å². The molecule has 0 saturated carbocycles. The normalized spacial score (nSPS) is 12.8. The van der Waals surface area contributed by atoms with Crippen LogP contribution in [0.15, 0.2) is 12.1 Å². The van der Waals surface area contributed by atoms with E-state index in [1.54, 1.807) is 0 Å². The van der Waals surface area contributed by atoms with E-state index in [9.17, 15) is 13.6 Å². The summed E-state index contributed by atoms with van der Waals surface area (Å²) in [5.74, 6) is -5.36. The van der Waals surface area contributed by atoms with Crippen molar-refractivity contribution in [3.63, 3.8) is 0 Å². The maximum Gasteiger partial charge on any atom is 0.379 e. The number of esters is 1. The zero-order chi connectivity index (χ0) is 12.3. The monoisotopic (exact) mass is 305 g/mol. The maximum atomic E-state index is 13.5. The van der Waals surface area contributed by atoms with Gasteiger partial charge in [0.15, 0.2) is 0 Å². The van der Waals surface area contributed by atoms with Crippen molar-refractivity contribution in [3.05, 3.63) is 21.3 Å². The first-order valence-corrected chi connectivity index (χ1v) is 5.65. The maximum absolute atomic E-state index is 13.5. The van der Waals surface area contributed by atoms with Crippen LogP contribution in [0.3, 0.4) is 0 Å². The Morgan fingerprint density at radius 1 is 1.65 bits per heavy atom. The third-order valence-electron chi connectivity index (χ3n) is 1.84. The summed E-state index contributed by atoms with van der Waals surface area (Å²) in [4.78, 5) is 11.1. The molecule has 0 bridgehead atoms. The van der Waals surface area contributed by atoms with E-state index in [4.69, 9.17) is 17.3 Å². The van der Waals surface area contributed by atoms with Crippen LogP contribution < -0.4 is 5.73 Å². The quantitative estimate of drug-likeness (QED) is 0.870. The van der Waals surface area contributed by atoms with Gasteiger partial charge < -0.3 is 10.5 Å². The van der Waals surface area contributed by atoms with Crippen molar-refractivity contribution in [1.82, 2.24) is 0 Å². The lowest BCUT2D eigenvalue weighted by molar-refractivity contribution is -0.174. The van der Waals surface area contributed by atoms with Crippen LogP contribution in [0.5, 0.6) is 0 Å². The number of hydrogen-bond donors (Lipinski definition) is 1. The van der Waals surface area contributed by atoms with Crippen molar-refractivity contribution in [2.75, 3.05) is 6.61 Å². The van der Waals surface area contributed by atoms with Gasteiger partial charge in [-0.15, -0.1) is 23.7 Å². The van der Waals surface area contributed by atoms with Gasteiger partial charge in [-0.2, -0.15) is 8.78 Å². The van der Waals surface area contributed by atoms with Crippen LogP contribution in [0, 0.1) is 0 Å². The highest BCUT2D eigenvalue weighted by Crippen LogP contribution is 2.35. The predicted octanol–water partition coefficient (Wildman–Crippen LogP) is 3.02. The topological polar surface area (TPSA) is 52.3 Å². The number of carbonyl (C=O) groups excluding carboxylic acids is 1. The highest BCUT2D eigenvalue weighted by molar-refractivity contribution is 7.16. The summed E-state index contributed by atoms with van der Waals surface area (Å²) in [7, 11) is 0. The minimum Gasteiger partial charge on any atom is -0.462 e. The molecule has 1 atom stereocenters.